The number of rotatable bonds is 4. The summed E-state index contributed by atoms with van der Waals surface area (Å²) in [7, 11) is 4.75. The molecule has 2 heterocycles. The molecule has 108 valence electrons. The topological polar surface area (TPSA) is 73.1 Å². The standard InChI is InChI=1S/C14H14N4O3/c1-19-11-6-9-10(7-12(11)20-2)16-14(17-13(9)21-3)18-5-4-15-8-18/h4-8H,1-3H3/p+1. The van der Waals surface area contributed by atoms with Crippen molar-refractivity contribution in [1.29, 1.82) is 0 Å². The number of aromatic amines is 1. The first-order valence-corrected chi connectivity index (χ1v) is 6.29. The Kier molecular flexibility index (Phi) is 3.31. The van der Waals surface area contributed by atoms with Crippen molar-refractivity contribution in [2.45, 2.75) is 0 Å². The average Bonchev–Trinajstić information content (AvgIpc) is 3.06. The van der Waals surface area contributed by atoms with Crippen LogP contribution in [0.25, 0.3) is 16.9 Å². The molecule has 0 bridgehead atoms. The highest BCUT2D eigenvalue weighted by Gasteiger charge is 2.19. The van der Waals surface area contributed by atoms with Gasteiger partial charge in [-0.2, -0.15) is 4.57 Å². The molecule has 0 spiro atoms. The third kappa shape index (κ3) is 2.22. The Morgan fingerprint density at radius 2 is 1.76 bits per heavy atom. The molecule has 0 fully saturated rings. The van der Waals surface area contributed by atoms with E-state index in [9.17, 15) is 0 Å². The van der Waals surface area contributed by atoms with Crippen LogP contribution < -0.4 is 18.8 Å². The van der Waals surface area contributed by atoms with Crippen LogP contribution in [0.5, 0.6) is 17.4 Å². The summed E-state index contributed by atoms with van der Waals surface area (Å²) in [5.74, 6) is 2.20. The first kappa shape index (κ1) is 13.2. The highest BCUT2D eigenvalue weighted by molar-refractivity contribution is 5.87. The number of methoxy groups -OCH3 is 3. The van der Waals surface area contributed by atoms with Gasteiger partial charge in [-0.1, -0.05) is 4.98 Å². The molecule has 21 heavy (non-hydrogen) atoms. The molecular weight excluding hydrogens is 272 g/mol. The molecule has 0 aliphatic carbocycles. The number of fused-ring (bicyclic) bond motifs is 1. The van der Waals surface area contributed by atoms with Crippen LogP contribution in [0.2, 0.25) is 0 Å². The minimum absolute atomic E-state index is 0.477. The van der Waals surface area contributed by atoms with Gasteiger partial charge in [-0.15, -0.1) is 4.98 Å². The molecular formula is C14H15N4O3+. The molecule has 3 rings (SSSR count). The van der Waals surface area contributed by atoms with E-state index < -0.39 is 0 Å². The third-order valence-corrected chi connectivity index (χ3v) is 3.12. The van der Waals surface area contributed by atoms with E-state index in [1.54, 1.807) is 50.6 Å². The predicted octanol–water partition coefficient (Wildman–Crippen LogP) is 1.26. The molecule has 2 aromatic heterocycles. The van der Waals surface area contributed by atoms with E-state index in [-0.39, 0.29) is 0 Å². The summed E-state index contributed by atoms with van der Waals surface area (Å²) < 4.78 is 17.7. The number of benzene rings is 1. The Morgan fingerprint density at radius 1 is 1.00 bits per heavy atom. The predicted molar refractivity (Wildman–Crippen MR) is 75.1 cm³/mol. The largest absolute Gasteiger partial charge is 0.493 e. The van der Waals surface area contributed by atoms with Crippen molar-refractivity contribution in [1.82, 2.24) is 15.0 Å². The maximum atomic E-state index is 5.37. The van der Waals surface area contributed by atoms with Crippen LogP contribution in [0.3, 0.4) is 0 Å². The van der Waals surface area contributed by atoms with Gasteiger partial charge < -0.3 is 14.2 Å². The van der Waals surface area contributed by atoms with Crippen molar-refractivity contribution in [2.75, 3.05) is 21.3 Å². The molecule has 7 nitrogen and oxygen atoms in total. The van der Waals surface area contributed by atoms with E-state index >= 15 is 0 Å². The Bertz CT molecular complexity index is 771. The zero-order valence-electron chi connectivity index (χ0n) is 12.0. The Morgan fingerprint density at radius 3 is 2.38 bits per heavy atom. The number of hydrogen-bond donors (Lipinski definition) is 1. The quantitative estimate of drug-likeness (QED) is 0.731. The van der Waals surface area contributed by atoms with Crippen LogP contribution >= 0.6 is 0 Å². The Labute approximate surface area is 121 Å². The molecule has 1 aromatic carbocycles. The smallest absolute Gasteiger partial charge is 0.393 e. The van der Waals surface area contributed by atoms with Gasteiger partial charge >= 0.3 is 5.95 Å². The first-order chi connectivity index (χ1) is 10.3. The van der Waals surface area contributed by atoms with E-state index in [0.717, 1.165) is 5.39 Å². The summed E-state index contributed by atoms with van der Waals surface area (Å²) in [6.45, 7) is 0. The number of ether oxygens (including phenoxy) is 3. The Hall–Kier alpha value is -2.83. The van der Waals surface area contributed by atoms with Gasteiger partial charge in [0.05, 0.1) is 39.1 Å². The molecule has 0 saturated carbocycles. The maximum absolute atomic E-state index is 5.37. The van der Waals surface area contributed by atoms with Gasteiger partial charge in [0.25, 0.3) is 5.88 Å². The highest BCUT2D eigenvalue weighted by atomic mass is 16.5. The molecule has 3 aromatic rings. The first-order valence-electron chi connectivity index (χ1n) is 6.29. The van der Waals surface area contributed by atoms with Crippen molar-refractivity contribution in [3.8, 4) is 23.3 Å². The number of nitrogens with zero attached hydrogens (tertiary/aromatic N) is 3. The van der Waals surface area contributed by atoms with Crippen LogP contribution in [-0.4, -0.2) is 36.3 Å². The number of hydrogen-bond acceptors (Lipinski definition) is 5. The number of nitrogens with one attached hydrogen (secondary N) is 1. The Balaban J connectivity index is 2.28. The fraction of sp³-hybridized carbons (Fsp3) is 0.214. The third-order valence-electron chi connectivity index (χ3n) is 3.12. The number of imidazole rings is 1. The van der Waals surface area contributed by atoms with Gasteiger partial charge in [0.2, 0.25) is 0 Å². The lowest BCUT2D eigenvalue weighted by molar-refractivity contribution is -0.602. The molecule has 1 N–H and O–H groups in total. The van der Waals surface area contributed by atoms with E-state index in [2.05, 4.69) is 15.0 Å². The fourth-order valence-corrected chi connectivity index (χ4v) is 2.10. The molecule has 0 aliphatic rings. The van der Waals surface area contributed by atoms with Crippen LogP contribution in [-0.2, 0) is 0 Å². The number of H-pyrrole nitrogens is 1. The van der Waals surface area contributed by atoms with Crippen molar-refractivity contribution in [2.24, 2.45) is 0 Å². The van der Waals surface area contributed by atoms with Crippen molar-refractivity contribution >= 4 is 10.9 Å². The molecule has 0 saturated heterocycles. The summed E-state index contributed by atoms with van der Waals surface area (Å²) in [5, 5.41) is 0.759. The summed E-state index contributed by atoms with van der Waals surface area (Å²) in [6.07, 6.45) is 5.36. The van der Waals surface area contributed by atoms with E-state index in [0.29, 0.717) is 28.8 Å². The molecule has 0 aliphatic heterocycles. The second kappa shape index (κ2) is 5.28. The number of aromatic nitrogens is 4. The summed E-state index contributed by atoms with van der Waals surface area (Å²) in [6, 6.07) is 3.60. The second-order valence-electron chi connectivity index (χ2n) is 4.28. The van der Waals surface area contributed by atoms with Gasteiger partial charge in [-0.3, -0.25) is 4.98 Å². The van der Waals surface area contributed by atoms with Crippen molar-refractivity contribution < 1.29 is 18.8 Å². The van der Waals surface area contributed by atoms with Gasteiger partial charge in [0.1, 0.15) is 5.52 Å². The molecule has 0 atom stereocenters. The average molecular weight is 287 g/mol. The van der Waals surface area contributed by atoms with Crippen LogP contribution in [0, 0.1) is 0 Å². The summed E-state index contributed by atoms with van der Waals surface area (Å²) in [4.78, 5) is 11.9. The van der Waals surface area contributed by atoms with E-state index in [1.807, 2.05) is 6.20 Å². The molecule has 7 heteroatoms. The lowest BCUT2D eigenvalue weighted by Crippen LogP contribution is -2.30. The van der Waals surface area contributed by atoms with Crippen LogP contribution in [0.15, 0.2) is 30.9 Å². The van der Waals surface area contributed by atoms with Gasteiger partial charge in [0.15, 0.2) is 17.8 Å². The SMILES string of the molecule is COc1cc2nc(-[n+]3cc[nH]c3)nc(OC)c2cc1OC. The molecule has 0 radical (unpaired) electrons. The zero-order valence-corrected chi connectivity index (χ0v) is 12.0. The van der Waals surface area contributed by atoms with Crippen molar-refractivity contribution in [3.63, 3.8) is 0 Å². The second-order valence-corrected chi connectivity index (χ2v) is 4.28. The minimum Gasteiger partial charge on any atom is -0.493 e. The van der Waals surface area contributed by atoms with Gasteiger partial charge in [0, 0.05) is 12.1 Å². The van der Waals surface area contributed by atoms with Crippen molar-refractivity contribution in [3.05, 3.63) is 30.9 Å². The van der Waals surface area contributed by atoms with Gasteiger partial charge in [-0.25, -0.2) is 0 Å². The lowest BCUT2D eigenvalue weighted by Gasteiger charge is -2.09. The molecule has 0 unspecified atom stereocenters. The normalized spacial score (nSPS) is 10.6. The van der Waals surface area contributed by atoms with Crippen LogP contribution in [0.4, 0.5) is 0 Å². The zero-order chi connectivity index (χ0) is 14.8. The summed E-state index contributed by atoms with van der Waals surface area (Å²) >= 11 is 0. The van der Waals surface area contributed by atoms with Crippen LogP contribution in [0.1, 0.15) is 0 Å². The van der Waals surface area contributed by atoms with E-state index in [1.165, 1.54) is 0 Å². The molecule has 0 amide bonds. The fourth-order valence-electron chi connectivity index (χ4n) is 2.10. The van der Waals surface area contributed by atoms with E-state index in [4.69, 9.17) is 14.2 Å². The minimum atomic E-state index is 0.477. The maximum Gasteiger partial charge on any atom is 0.393 e. The highest BCUT2D eigenvalue weighted by Crippen LogP contribution is 2.34. The monoisotopic (exact) mass is 287 g/mol. The van der Waals surface area contributed by atoms with Gasteiger partial charge in [-0.05, 0) is 0 Å². The summed E-state index contributed by atoms with van der Waals surface area (Å²) in [5.41, 5.74) is 0.711. The lowest BCUT2D eigenvalue weighted by atomic mass is 10.2.